The van der Waals surface area contributed by atoms with Crippen LogP contribution in [0.5, 0.6) is 0 Å². The molecule has 3 unspecified atom stereocenters. The van der Waals surface area contributed by atoms with Crippen LogP contribution in [-0.4, -0.2) is 23.3 Å². The Kier molecular flexibility index (Phi) is 5.72. The lowest BCUT2D eigenvalue weighted by atomic mass is 9.79. The first kappa shape index (κ1) is 15.3. The van der Waals surface area contributed by atoms with E-state index in [1.165, 1.54) is 19.3 Å². The number of pyridine rings is 1. The highest BCUT2D eigenvalue weighted by molar-refractivity contribution is 9.10. The Balaban J connectivity index is 2.03. The molecular formula is C15H23BrN2S. The van der Waals surface area contributed by atoms with Crippen LogP contribution in [-0.2, 0) is 0 Å². The number of rotatable bonds is 4. The minimum absolute atomic E-state index is 0.616. The standard InChI is InChI=1S/C15H23BrN2S/c1-10(2)11-4-6-13(17-3)14(8-11)19-15-7-5-12(16)9-18-15/h5,7,9-11,13-14,17H,4,6,8H2,1-3H3. The van der Waals surface area contributed by atoms with Crippen molar-refractivity contribution in [1.82, 2.24) is 10.3 Å². The summed E-state index contributed by atoms with van der Waals surface area (Å²) in [6, 6.07) is 4.80. The molecule has 1 aliphatic carbocycles. The molecule has 1 heterocycles. The van der Waals surface area contributed by atoms with Crippen molar-refractivity contribution in [3.05, 3.63) is 22.8 Å². The molecule has 0 aliphatic heterocycles. The van der Waals surface area contributed by atoms with Gasteiger partial charge in [-0.15, -0.1) is 11.8 Å². The van der Waals surface area contributed by atoms with Crippen molar-refractivity contribution >= 4 is 27.7 Å². The summed E-state index contributed by atoms with van der Waals surface area (Å²) in [4.78, 5) is 4.50. The van der Waals surface area contributed by atoms with Crippen molar-refractivity contribution in [2.75, 3.05) is 7.05 Å². The maximum absolute atomic E-state index is 4.50. The molecule has 2 rings (SSSR count). The third-order valence-corrected chi connectivity index (χ3v) is 5.89. The Bertz CT molecular complexity index is 394. The molecule has 106 valence electrons. The summed E-state index contributed by atoms with van der Waals surface area (Å²) in [6.45, 7) is 4.70. The molecule has 3 atom stereocenters. The zero-order valence-corrected chi connectivity index (χ0v) is 14.3. The molecule has 19 heavy (non-hydrogen) atoms. The Labute approximate surface area is 129 Å². The van der Waals surface area contributed by atoms with E-state index >= 15 is 0 Å². The summed E-state index contributed by atoms with van der Waals surface area (Å²) < 4.78 is 1.05. The van der Waals surface area contributed by atoms with Gasteiger partial charge in [-0.3, -0.25) is 0 Å². The van der Waals surface area contributed by atoms with E-state index in [2.05, 4.69) is 59.3 Å². The molecule has 0 radical (unpaired) electrons. The molecule has 1 aromatic heterocycles. The van der Waals surface area contributed by atoms with Crippen molar-refractivity contribution in [1.29, 1.82) is 0 Å². The molecule has 0 saturated heterocycles. The van der Waals surface area contributed by atoms with Crippen LogP contribution in [0.4, 0.5) is 0 Å². The minimum atomic E-state index is 0.616. The van der Waals surface area contributed by atoms with Crippen molar-refractivity contribution in [2.24, 2.45) is 11.8 Å². The number of hydrogen-bond acceptors (Lipinski definition) is 3. The van der Waals surface area contributed by atoms with Crippen LogP contribution in [0.2, 0.25) is 0 Å². The highest BCUT2D eigenvalue weighted by Gasteiger charge is 2.31. The van der Waals surface area contributed by atoms with Gasteiger partial charge in [-0.2, -0.15) is 0 Å². The molecule has 1 aliphatic rings. The van der Waals surface area contributed by atoms with Crippen LogP contribution >= 0.6 is 27.7 Å². The molecule has 4 heteroatoms. The van der Waals surface area contributed by atoms with Gasteiger partial charge in [-0.05, 0) is 66.2 Å². The van der Waals surface area contributed by atoms with E-state index < -0.39 is 0 Å². The van der Waals surface area contributed by atoms with Crippen LogP contribution in [0.1, 0.15) is 33.1 Å². The number of hydrogen-bond donors (Lipinski definition) is 1. The summed E-state index contributed by atoms with van der Waals surface area (Å²) in [6.07, 6.45) is 5.83. The summed E-state index contributed by atoms with van der Waals surface area (Å²) >= 11 is 5.37. The van der Waals surface area contributed by atoms with Crippen molar-refractivity contribution < 1.29 is 0 Å². The lowest BCUT2D eigenvalue weighted by Crippen LogP contribution is -2.41. The Morgan fingerprint density at radius 3 is 2.74 bits per heavy atom. The Morgan fingerprint density at radius 2 is 2.16 bits per heavy atom. The molecular weight excluding hydrogens is 320 g/mol. The van der Waals surface area contributed by atoms with Gasteiger partial charge < -0.3 is 5.32 Å². The van der Waals surface area contributed by atoms with Gasteiger partial charge in [-0.25, -0.2) is 4.98 Å². The normalized spacial score (nSPS) is 27.7. The first-order valence-electron chi connectivity index (χ1n) is 7.05. The third kappa shape index (κ3) is 4.20. The van der Waals surface area contributed by atoms with Crippen LogP contribution in [0, 0.1) is 11.8 Å². The molecule has 1 aromatic rings. The van der Waals surface area contributed by atoms with E-state index in [4.69, 9.17) is 0 Å². The predicted molar refractivity (Wildman–Crippen MR) is 86.6 cm³/mol. The maximum atomic E-state index is 4.50. The lowest BCUT2D eigenvalue weighted by Gasteiger charge is -2.37. The number of nitrogens with zero attached hydrogens (tertiary/aromatic N) is 1. The second-order valence-corrected chi connectivity index (χ2v) is 7.86. The summed E-state index contributed by atoms with van der Waals surface area (Å²) in [5.41, 5.74) is 0. The zero-order valence-electron chi connectivity index (χ0n) is 11.9. The number of halogens is 1. The maximum Gasteiger partial charge on any atom is 0.0963 e. The van der Waals surface area contributed by atoms with Crippen molar-refractivity contribution in [3.8, 4) is 0 Å². The fourth-order valence-corrected chi connectivity index (χ4v) is 4.40. The SMILES string of the molecule is CNC1CCC(C(C)C)CC1Sc1ccc(Br)cn1. The average molecular weight is 343 g/mol. The quantitative estimate of drug-likeness (QED) is 0.880. The third-order valence-electron chi connectivity index (χ3n) is 4.12. The average Bonchev–Trinajstić information content (AvgIpc) is 2.41. The summed E-state index contributed by atoms with van der Waals surface area (Å²) in [7, 11) is 2.09. The van der Waals surface area contributed by atoms with E-state index in [9.17, 15) is 0 Å². The van der Waals surface area contributed by atoms with Crippen LogP contribution < -0.4 is 5.32 Å². The van der Waals surface area contributed by atoms with Gasteiger partial charge >= 0.3 is 0 Å². The van der Waals surface area contributed by atoms with Crippen molar-refractivity contribution in [2.45, 2.75) is 49.4 Å². The van der Waals surface area contributed by atoms with Gasteiger partial charge in [0.2, 0.25) is 0 Å². The van der Waals surface area contributed by atoms with E-state index in [1.54, 1.807) is 0 Å². The second-order valence-electron chi connectivity index (χ2n) is 5.68. The fraction of sp³-hybridized carbons (Fsp3) is 0.667. The fourth-order valence-electron chi connectivity index (χ4n) is 2.81. The Morgan fingerprint density at radius 1 is 1.37 bits per heavy atom. The highest BCUT2D eigenvalue weighted by atomic mass is 79.9. The lowest BCUT2D eigenvalue weighted by molar-refractivity contribution is 0.251. The molecule has 1 fully saturated rings. The van der Waals surface area contributed by atoms with Crippen LogP contribution in [0.25, 0.3) is 0 Å². The zero-order chi connectivity index (χ0) is 13.8. The number of nitrogens with one attached hydrogen (secondary N) is 1. The topological polar surface area (TPSA) is 24.9 Å². The molecule has 0 amide bonds. The number of thioether (sulfide) groups is 1. The molecule has 0 spiro atoms. The van der Waals surface area contributed by atoms with Crippen LogP contribution in [0.15, 0.2) is 27.8 Å². The van der Waals surface area contributed by atoms with E-state index in [0.29, 0.717) is 11.3 Å². The highest BCUT2D eigenvalue weighted by Crippen LogP contribution is 2.38. The van der Waals surface area contributed by atoms with E-state index in [0.717, 1.165) is 21.3 Å². The smallest absolute Gasteiger partial charge is 0.0963 e. The van der Waals surface area contributed by atoms with E-state index in [-0.39, 0.29) is 0 Å². The second kappa shape index (κ2) is 7.09. The molecule has 0 bridgehead atoms. The van der Waals surface area contributed by atoms with Crippen molar-refractivity contribution in [3.63, 3.8) is 0 Å². The summed E-state index contributed by atoms with van der Waals surface area (Å²) in [5, 5.41) is 5.26. The van der Waals surface area contributed by atoms with Gasteiger partial charge in [0.25, 0.3) is 0 Å². The van der Waals surface area contributed by atoms with Gasteiger partial charge in [0.05, 0.1) is 5.03 Å². The monoisotopic (exact) mass is 342 g/mol. The molecule has 0 aromatic carbocycles. The van der Waals surface area contributed by atoms with Gasteiger partial charge in [0, 0.05) is 22.0 Å². The molecule has 2 nitrogen and oxygen atoms in total. The van der Waals surface area contributed by atoms with Gasteiger partial charge in [-0.1, -0.05) is 13.8 Å². The molecule has 1 saturated carbocycles. The first-order valence-corrected chi connectivity index (χ1v) is 8.73. The first-order chi connectivity index (χ1) is 9.10. The minimum Gasteiger partial charge on any atom is -0.316 e. The largest absolute Gasteiger partial charge is 0.316 e. The Hall–Kier alpha value is -0.0600. The summed E-state index contributed by atoms with van der Waals surface area (Å²) in [5.74, 6) is 1.65. The molecule has 1 N–H and O–H groups in total. The number of aromatic nitrogens is 1. The van der Waals surface area contributed by atoms with Gasteiger partial charge in [0.1, 0.15) is 0 Å². The van der Waals surface area contributed by atoms with E-state index in [1.807, 2.05) is 18.0 Å². The van der Waals surface area contributed by atoms with Crippen LogP contribution in [0.3, 0.4) is 0 Å². The van der Waals surface area contributed by atoms with Gasteiger partial charge in [0.15, 0.2) is 0 Å². The predicted octanol–water partition coefficient (Wildman–Crippen LogP) is 4.35.